The molecule has 3 aromatic rings. The first-order valence-corrected chi connectivity index (χ1v) is 8.16. The topological polar surface area (TPSA) is 41.9 Å². The fourth-order valence-electron chi connectivity index (χ4n) is 2.06. The van der Waals surface area contributed by atoms with E-state index in [1.165, 1.54) is 9.75 Å². The predicted molar refractivity (Wildman–Crippen MR) is 86.1 cm³/mol. The average molecular weight is 325 g/mol. The zero-order valence-corrected chi connectivity index (χ0v) is 13.7. The van der Waals surface area contributed by atoms with Crippen LogP contribution in [0.3, 0.4) is 0 Å². The molecule has 3 heterocycles. The van der Waals surface area contributed by atoms with E-state index in [0.29, 0.717) is 5.28 Å². The molecule has 0 saturated heterocycles. The van der Waals surface area contributed by atoms with Crippen molar-refractivity contribution in [3.8, 4) is 0 Å². The molecule has 0 aliphatic heterocycles. The van der Waals surface area contributed by atoms with Crippen molar-refractivity contribution in [3.63, 3.8) is 0 Å². The van der Waals surface area contributed by atoms with Gasteiger partial charge in [0.2, 0.25) is 5.28 Å². The Balaban J connectivity index is 2.02. The van der Waals surface area contributed by atoms with Gasteiger partial charge in [-0.3, -0.25) is 0 Å². The zero-order valence-electron chi connectivity index (χ0n) is 11.3. The molecular formula is C13H13ClN4S2. The van der Waals surface area contributed by atoms with Crippen LogP contribution in [0.15, 0.2) is 11.6 Å². The molecule has 0 amide bonds. The maximum Gasteiger partial charge on any atom is 0.225 e. The fourth-order valence-corrected chi connectivity index (χ4v) is 3.98. The molecule has 0 N–H and O–H groups in total. The van der Waals surface area contributed by atoms with Gasteiger partial charge >= 0.3 is 0 Å². The second kappa shape index (κ2) is 5.27. The van der Waals surface area contributed by atoms with Crippen molar-refractivity contribution in [2.24, 2.45) is 0 Å². The molecule has 0 bridgehead atoms. The van der Waals surface area contributed by atoms with E-state index in [4.69, 9.17) is 11.6 Å². The third-order valence-electron chi connectivity index (χ3n) is 3.06. The molecular weight excluding hydrogens is 312 g/mol. The minimum atomic E-state index is 0.294. The zero-order chi connectivity index (χ0) is 14.3. The average Bonchev–Trinajstić information content (AvgIpc) is 2.94. The monoisotopic (exact) mass is 324 g/mol. The van der Waals surface area contributed by atoms with Gasteiger partial charge < -0.3 is 4.90 Å². The van der Waals surface area contributed by atoms with E-state index >= 15 is 0 Å². The molecule has 0 spiro atoms. The fraction of sp³-hybridized carbons (Fsp3) is 0.308. The van der Waals surface area contributed by atoms with Crippen molar-refractivity contribution in [1.29, 1.82) is 0 Å². The molecule has 4 nitrogen and oxygen atoms in total. The van der Waals surface area contributed by atoms with Crippen LogP contribution in [0.1, 0.15) is 15.4 Å². The number of aryl methyl sites for hydroxylation is 2. The Bertz CT molecular complexity index is 765. The van der Waals surface area contributed by atoms with E-state index in [1.54, 1.807) is 22.7 Å². The lowest BCUT2D eigenvalue weighted by molar-refractivity contribution is 0.904. The first-order chi connectivity index (χ1) is 9.54. The first-order valence-electron chi connectivity index (χ1n) is 6.08. The molecule has 7 heteroatoms. The summed E-state index contributed by atoms with van der Waals surface area (Å²) < 4.78 is 0. The second-order valence-electron chi connectivity index (χ2n) is 4.61. The lowest BCUT2D eigenvalue weighted by atomic mass is 10.3. The molecule has 0 fully saturated rings. The summed E-state index contributed by atoms with van der Waals surface area (Å²) >= 11 is 9.34. The van der Waals surface area contributed by atoms with E-state index in [0.717, 1.165) is 28.3 Å². The van der Waals surface area contributed by atoms with Gasteiger partial charge in [0.05, 0.1) is 23.1 Å². The van der Waals surface area contributed by atoms with Crippen LogP contribution < -0.4 is 4.90 Å². The number of hydrogen-bond donors (Lipinski definition) is 0. The van der Waals surface area contributed by atoms with Crippen LogP contribution >= 0.6 is 34.3 Å². The number of thiazole rings is 1. The summed E-state index contributed by atoms with van der Waals surface area (Å²) in [6.45, 7) is 4.86. The van der Waals surface area contributed by atoms with E-state index in [1.807, 2.05) is 19.5 Å². The minimum Gasteiger partial charge on any atom is -0.354 e. The summed E-state index contributed by atoms with van der Waals surface area (Å²) in [5, 5.41) is 1.35. The molecule has 20 heavy (non-hydrogen) atoms. The Hall–Kier alpha value is -1.24. The van der Waals surface area contributed by atoms with Gasteiger partial charge in [-0.05, 0) is 31.5 Å². The van der Waals surface area contributed by atoms with E-state index in [9.17, 15) is 0 Å². The van der Waals surface area contributed by atoms with Crippen LogP contribution in [0.4, 0.5) is 5.82 Å². The highest BCUT2D eigenvalue weighted by atomic mass is 35.5. The number of fused-ring (bicyclic) bond motifs is 1. The Morgan fingerprint density at radius 2 is 2.10 bits per heavy atom. The van der Waals surface area contributed by atoms with Crippen LogP contribution in [0.2, 0.25) is 5.28 Å². The van der Waals surface area contributed by atoms with Gasteiger partial charge in [0.15, 0.2) is 0 Å². The number of aromatic nitrogens is 3. The highest BCUT2D eigenvalue weighted by Crippen LogP contribution is 2.32. The number of anilines is 1. The Kier molecular flexibility index (Phi) is 3.62. The lowest BCUT2D eigenvalue weighted by Crippen LogP contribution is -2.18. The number of thiophene rings is 1. The molecule has 0 saturated carbocycles. The van der Waals surface area contributed by atoms with Gasteiger partial charge in [0.25, 0.3) is 0 Å². The third-order valence-corrected chi connectivity index (χ3v) is 5.09. The highest BCUT2D eigenvalue weighted by Gasteiger charge is 2.15. The SMILES string of the molecule is Cc1cc2c(N(C)Cc3scnc3C)nc(Cl)nc2s1. The Morgan fingerprint density at radius 3 is 2.80 bits per heavy atom. The molecule has 0 aromatic carbocycles. The largest absolute Gasteiger partial charge is 0.354 e. The highest BCUT2D eigenvalue weighted by molar-refractivity contribution is 7.18. The van der Waals surface area contributed by atoms with Crippen molar-refractivity contribution in [2.75, 3.05) is 11.9 Å². The lowest BCUT2D eigenvalue weighted by Gasteiger charge is -2.18. The number of rotatable bonds is 3. The normalized spacial score (nSPS) is 11.2. The summed E-state index contributed by atoms with van der Waals surface area (Å²) in [4.78, 5) is 18.5. The molecule has 104 valence electrons. The van der Waals surface area contributed by atoms with Gasteiger partial charge in [0, 0.05) is 16.8 Å². The van der Waals surface area contributed by atoms with Crippen molar-refractivity contribution in [2.45, 2.75) is 20.4 Å². The smallest absolute Gasteiger partial charge is 0.225 e. The molecule has 3 aromatic heterocycles. The maximum atomic E-state index is 6.04. The number of nitrogens with zero attached hydrogens (tertiary/aromatic N) is 4. The molecule has 0 aliphatic carbocycles. The van der Waals surface area contributed by atoms with E-state index in [2.05, 4.69) is 32.8 Å². The molecule has 3 rings (SSSR count). The van der Waals surface area contributed by atoms with Gasteiger partial charge in [-0.15, -0.1) is 22.7 Å². The van der Waals surface area contributed by atoms with Crippen LogP contribution in [-0.4, -0.2) is 22.0 Å². The van der Waals surface area contributed by atoms with Gasteiger partial charge in [-0.25, -0.2) is 9.97 Å². The molecule has 0 unspecified atom stereocenters. The van der Waals surface area contributed by atoms with Crippen molar-refractivity contribution in [1.82, 2.24) is 15.0 Å². The summed E-state index contributed by atoms with van der Waals surface area (Å²) in [7, 11) is 2.02. The van der Waals surface area contributed by atoms with Gasteiger partial charge in [-0.2, -0.15) is 4.98 Å². The second-order valence-corrected chi connectivity index (χ2v) is 7.12. The van der Waals surface area contributed by atoms with Crippen LogP contribution in [0.25, 0.3) is 10.2 Å². The summed E-state index contributed by atoms with van der Waals surface area (Å²) in [5.41, 5.74) is 2.94. The van der Waals surface area contributed by atoms with E-state index < -0.39 is 0 Å². The Labute approximate surface area is 130 Å². The maximum absolute atomic E-state index is 6.04. The number of hydrogen-bond acceptors (Lipinski definition) is 6. The quantitative estimate of drug-likeness (QED) is 0.681. The first kappa shape index (κ1) is 13.7. The molecule has 0 atom stereocenters. The summed E-state index contributed by atoms with van der Waals surface area (Å²) in [6, 6.07) is 2.11. The molecule has 0 radical (unpaired) electrons. The standard InChI is InChI=1S/C13H13ClN4S2/c1-7-4-9-11(16-13(14)17-12(9)20-7)18(3)5-10-8(2)15-6-19-10/h4,6H,5H2,1-3H3. The number of halogens is 1. The van der Waals surface area contributed by atoms with Gasteiger partial charge in [0.1, 0.15) is 10.6 Å². The third kappa shape index (κ3) is 2.51. The molecule has 0 aliphatic rings. The van der Waals surface area contributed by atoms with Crippen LogP contribution in [0.5, 0.6) is 0 Å². The van der Waals surface area contributed by atoms with E-state index in [-0.39, 0.29) is 0 Å². The van der Waals surface area contributed by atoms with Crippen molar-refractivity contribution >= 4 is 50.3 Å². The predicted octanol–water partition coefficient (Wildman–Crippen LogP) is 4.05. The van der Waals surface area contributed by atoms with Crippen molar-refractivity contribution < 1.29 is 0 Å². The summed E-state index contributed by atoms with van der Waals surface area (Å²) in [5.74, 6) is 0.872. The minimum absolute atomic E-state index is 0.294. The van der Waals surface area contributed by atoms with Crippen LogP contribution in [0, 0.1) is 13.8 Å². The van der Waals surface area contributed by atoms with Gasteiger partial charge in [-0.1, -0.05) is 0 Å². The Morgan fingerprint density at radius 1 is 1.30 bits per heavy atom. The van der Waals surface area contributed by atoms with Crippen molar-refractivity contribution in [3.05, 3.63) is 32.3 Å². The summed E-state index contributed by atoms with van der Waals surface area (Å²) in [6.07, 6.45) is 0. The van der Waals surface area contributed by atoms with Crippen LogP contribution in [-0.2, 0) is 6.54 Å².